The fraction of sp³-hybridized carbons (Fsp3) is 0. The number of anilines is 21. The van der Waals surface area contributed by atoms with Crippen molar-refractivity contribution in [2.24, 2.45) is 0 Å². The number of ether oxygens (including phenoxy) is 1. The van der Waals surface area contributed by atoms with E-state index in [1.165, 1.54) is 32.8 Å². The number of para-hydroxylation sites is 12. The first-order valence-corrected chi connectivity index (χ1v) is 39.0. The Morgan fingerprint density at radius 2 is 0.496 bits per heavy atom. The zero-order valence-corrected chi connectivity index (χ0v) is 61.5. The van der Waals surface area contributed by atoms with Crippen LogP contribution in [0.3, 0.4) is 0 Å². The highest BCUT2D eigenvalue weighted by atomic mass is 16.5. The third kappa shape index (κ3) is 10.0. The number of fused-ring (bicyclic) bond motifs is 13. The highest BCUT2D eigenvalue weighted by molar-refractivity contribution is 7.05. The summed E-state index contributed by atoms with van der Waals surface area (Å²) in [6.07, 6.45) is 0. The fourth-order valence-corrected chi connectivity index (χ4v) is 19.2. The van der Waals surface area contributed by atoms with E-state index < -0.39 is 0 Å². The Kier molecular flexibility index (Phi) is 14.8. The summed E-state index contributed by atoms with van der Waals surface area (Å²) >= 11 is 0. The highest BCUT2D eigenvalue weighted by Crippen LogP contribution is 2.55. The maximum Gasteiger partial charge on any atom is 0.256 e. The van der Waals surface area contributed by atoms with Crippen molar-refractivity contribution in [3.63, 3.8) is 0 Å². The first kappa shape index (κ1) is 64.3. The smallest absolute Gasteiger partial charge is 0.256 e. The molecule has 0 aliphatic carbocycles. The van der Waals surface area contributed by atoms with Crippen molar-refractivity contribution in [3.05, 3.63) is 413 Å². The van der Waals surface area contributed by atoms with Crippen molar-refractivity contribution >= 4 is 189 Å². The van der Waals surface area contributed by atoms with Gasteiger partial charge in [0.1, 0.15) is 11.5 Å². The molecule has 17 aromatic carbocycles. The summed E-state index contributed by atoms with van der Waals surface area (Å²) in [7, 11) is 0. The van der Waals surface area contributed by atoms with E-state index in [9.17, 15) is 0 Å². The van der Waals surface area contributed by atoms with Crippen LogP contribution in [-0.4, -0.2) is 20.1 Å². The number of benzene rings is 17. The first-order valence-electron chi connectivity index (χ1n) is 39.0. The normalized spacial score (nSPS) is 13.2. The Labute approximate surface area is 658 Å². The minimum Gasteiger partial charge on any atom is -0.459 e. The Hall–Kier alpha value is -14.7. The Morgan fingerprint density at radius 3 is 0.947 bits per heavy atom. The molecule has 113 heavy (non-hydrogen) atoms. The molecule has 0 amide bonds. The topological polar surface area (TPSA) is 31.9 Å². The van der Waals surface area contributed by atoms with E-state index in [0.717, 1.165) is 158 Å². The van der Waals surface area contributed by atoms with Gasteiger partial charge in [-0.25, -0.2) is 0 Å². The molecule has 0 fully saturated rings. The lowest BCUT2D eigenvalue weighted by Crippen LogP contribution is -2.67. The largest absolute Gasteiger partial charge is 0.459 e. The number of hydrogen-bond acceptors (Lipinski definition) is 8. The second-order valence-corrected chi connectivity index (χ2v) is 29.8. The van der Waals surface area contributed by atoms with Gasteiger partial charge in [0.05, 0.1) is 17.1 Å². The summed E-state index contributed by atoms with van der Waals surface area (Å²) in [6, 6.07) is 152. The molecule has 0 atom stereocenters. The minimum absolute atomic E-state index is 0.221. The summed E-state index contributed by atoms with van der Waals surface area (Å²) in [5.74, 6) is 1.70. The molecule has 0 saturated heterocycles. The Morgan fingerprint density at radius 1 is 0.195 bits per heavy atom. The SMILES string of the molecule is c1ccc(-c2ccccc2N2c3cc(N(c4ccccc4)c4ccccc4)cc4c3B(c3ccccc3N4c3ccccc3)c3c2cc2c4c3Oc3ccccc3B4c3cc4c(cc3N2c2ccccc2)N(c2ccccc2)c2cc(N(c3ccccc3)c3ccccc3)cc3c2B4c2ccccc2N3c2ccccc2)cc1. The first-order chi connectivity index (χ1) is 56.1. The number of hydrogen-bond donors (Lipinski definition) is 0. The number of rotatable bonds is 12. The van der Waals surface area contributed by atoms with Crippen LogP contribution in [0.2, 0.25) is 0 Å². The van der Waals surface area contributed by atoms with Crippen molar-refractivity contribution in [2.75, 3.05) is 34.3 Å². The molecule has 0 unspecified atom stereocenters. The minimum atomic E-state index is -0.339. The van der Waals surface area contributed by atoms with Gasteiger partial charge >= 0.3 is 0 Å². The van der Waals surface area contributed by atoms with Crippen molar-refractivity contribution in [2.45, 2.75) is 0 Å². The molecule has 0 bridgehead atoms. The molecule has 526 valence electrons. The average Bonchev–Trinajstić information content (AvgIpc) is 0.674. The summed E-state index contributed by atoms with van der Waals surface area (Å²) < 4.78 is 8.14. The third-order valence-electron chi connectivity index (χ3n) is 23.7. The molecule has 6 aliphatic rings. The maximum atomic E-state index is 8.14. The van der Waals surface area contributed by atoms with E-state index >= 15 is 0 Å². The van der Waals surface area contributed by atoms with Gasteiger partial charge in [0, 0.05) is 108 Å². The highest BCUT2D eigenvalue weighted by Gasteiger charge is 2.53. The lowest BCUT2D eigenvalue weighted by Gasteiger charge is -2.49. The Balaban J connectivity index is 0.844. The Bertz CT molecular complexity index is 6510. The molecule has 6 heterocycles. The second-order valence-electron chi connectivity index (χ2n) is 29.8. The van der Waals surface area contributed by atoms with E-state index in [-0.39, 0.29) is 20.1 Å². The maximum absolute atomic E-state index is 8.14. The molecule has 0 aromatic heterocycles. The molecule has 23 rings (SSSR count). The van der Waals surface area contributed by atoms with Gasteiger partial charge in [0.25, 0.3) is 20.1 Å². The van der Waals surface area contributed by atoms with Crippen molar-refractivity contribution in [3.8, 4) is 22.6 Å². The quantitative estimate of drug-likeness (QED) is 0.112. The molecular weight excluding hydrogens is 1370 g/mol. The average molecular weight is 1440 g/mol. The van der Waals surface area contributed by atoms with E-state index in [4.69, 9.17) is 4.74 Å². The monoisotopic (exact) mass is 1440 g/mol. The molecule has 11 heteroatoms. The fourth-order valence-electron chi connectivity index (χ4n) is 19.2. The van der Waals surface area contributed by atoms with Crippen LogP contribution in [0, 0.1) is 0 Å². The van der Waals surface area contributed by atoms with Crippen molar-refractivity contribution in [1.29, 1.82) is 0 Å². The third-order valence-corrected chi connectivity index (χ3v) is 23.7. The van der Waals surface area contributed by atoms with Crippen LogP contribution >= 0.6 is 0 Å². The summed E-state index contributed by atoms with van der Waals surface area (Å²) in [5, 5.41) is 0. The van der Waals surface area contributed by atoms with Gasteiger partial charge in [0.15, 0.2) is 0 Å². The predicted octanol–water partition coefficient (Wildman–Crippen LogP) is 20.9. The van der Waals surface area contributed by atoms with Gasteiger partial charge < -0.3 is 39.0 Å². The van der Waals surface area contributed by atoms with Gasteiger partial charge in [-0.05, 0) is 212 Å². The van der Waals surface area contributed by atoms with Crippen LogP contribution in [0.4, 0.5) is 119 Å². The molecule has 0 radical (unpaired) electrons. The van der Waals surface area contributed by atoms with E-state index in [1.54, 1.807) is 0 Å². The van der Waals surface area contributed by atoms with Gasteiger partial charge in [0.2, 0.25) is 0 Å². The zero-order valence-electron chi connectivity index (χ0n) is 61.5. The number of nitrogens with zero attached hydrogens (tertiary/aromatic N) is 7. The summed E-state index contributed by atoms with van der Waals surface area (Å²) in [5.41, 5.74) is 35.2. The van der Waals surface area contributed by atoms with Gasteiger partial charge in [-0.1, -0.05) is 255 Å². The molecule has 6 aliphatic heterocycles. The molecule has 8 nitrogen and oxygen atoms in total. The van der Waals surface area contributed by atoms with Gasteiger partial charge in [-0.2, -0.15) is 0 Å². The lowest BCUT2D eigenvalue weighted by atomic mass is 9.29. The van der Waals surface area contributed by atoms with Crippen molar-refractivity contribution in [1.82, 2.24) is 0 Å². The molecule has 0 spiro atoms. The standard InChI is InChI=1S/C102H68B3N7O/c1-10-36-69(37-11-1)80-54-28-32-58-86(80)112-94-65-79(107(72-42-16-4-17-43-72)73-44-18-5-19-45-73)64-93-99(94)105(82-56-30-34-60-88(82)109(93)75-48-22-7-23-49-75)101-96(112)68-95-100-102(101)113-97-61-35-31-57-83(97)104(100)85-66-84-89(67-90(85)111(95)77-52-26-9-27-53-77)110(76-50-24-8-25-51-76)92-63-78(106(70-38-12-2-13-39-70)71-40-14-3-15-41-71)62-91-98(92)103(84)81-55-29-33-59-87(81)108(91)74-46-20-6-21-47-74/h1-68H. The molecular formula is C102H68B3N7O. The van der Waals surface area contributed by atoms with E-state index in [2.05, 4.69) is 447 Å². The van der Waals surface area contributed by atoms with Crippen LogP contribution in [0.1, 0.15) is 0 Å². The van der Waals surface area contributed by atoms with Crippen LogP contribution in [-0.2, 0) is 0 Å². The van der Waals surface area contributed by atoms with Crippen LogP contribution in [0.5, 0.6) is 11.5 Å². The van der Waals surface area contributed by atoms with Crippen LogP contribution in [0.25, 0.3) is 11.1 Å². The van der Waals surface area contributed by atoms with Gasteiger partial charge in [-0.15, -0.1) is 0 Å². The zero-order chi connectivity index (χ0) is 74.2. The van der Waals surface area contributed by atoms with Gasteiger partial charge in [-0.3, -0.25) is 0 Å². The second kappa shape index (κ2) is 26.0. The van der Waals surface area contributed by atoms with E-state index in [1.807, 2.05) is 0 Å². The lowest BCUT2D eigenvalue weighted by molar-refractivity contribution is 0.491. The predicted molar refractivity (Wildman–Crippen MR) is 475 cm³/mol. The van der Waals surface area contributed by atoms with E-state index in [0.29, 0.717) is 0 Å². The van der Waals surface area contributed by atoms with Crippen LogP contribution in [0.15, 0.2) is 413 Å². The molecule has 0 saturated carbocycles. The molecule has 17 aromatic rings. The summed E-state index contributed by atoms with van der Waals surface area (Å²) in [6.45, 7) is -0.873. The van der Waals surface area contributed by atoms with Crippen molar-refractivity contribution < 1.29 is 4.74 Å². The molecule has 0 N–H and O–H groups in total. The van der Waals surface area contributed by atoms with Crippen LogP contribution < -0.4 is 88.2 Å². The summed E-state index contributed by atoms with van der Waals surface area (Å²) in [4.78, 5) is 17.7.